The Kier molecular flexibility index (Phi) is 7.14. The van der Waals surface area contributed by atoms with Crippen LogP contribution >= 0.6 is 0 Å². The van der Waals surface area contributed by atoms with Crippen molar-refractivity contribution in [2.45, 2.75) is 20.0 Å². The summed E-state index contributed by atoms with van der Waals surface area (Å²) in [7, 11) is 1.34. The molecule has 0 radical (unpaired) electrons. The zero-order chi connectivity index (χ0) is 29.2. The first kappa shape index (κ1) is 26.8. The zero-order valence-electron chi connectivity index (χ0n) is 23.2. The van der Waals surface area contributed by atoms with Gasteiger partial charge in [0.1, 0.15) is 0 Å². The third-order valence-electron chi connectivity index (χ3n) is 6.62. The molecule has 208 valence electrons. The van der Waals surface area contributed by atoms with Crippen molar-refractivity contribution in [1.82, 2.24) is 24.7 Å². The van der Waals surface area contributed by atoms with E-state index in [1.54, 1.807) is 41.3 Å². The highest BCUT2D eigenvalue weighted by molar-refractivity contribution is 5.90. The van der Waals surface area contributed by atoms with Crippen molar-refractivity contribution in [3.05, 3.63) is 109 Å². The SMILES string of the molecule is COC(=O)c1cccc(-n2nc(-c3ccc(-c4ccc(OC(C)C)c(F)c4)cc3)nc2-c2ccc3nccnc3c2)c1. The molecule has 0 aliphatic heterocycles. The number of hydrogen-bond acceptors (Lipinski definition) is 7. The number of halogens is 1. The summed E-state index contributed by atoms with van der Waals surface area (Å²) in [6.07, 6.45) is 3.17. The Hall–Kier alpha value is -5.44. The van der Waals surface area contributed by atoms with Gasteiger partial charge in [-0.1, -0.05) is 36.4 Å². The van der Waals surface area contributed by atoms with E-state index in [2.05, 4.69) is 9.97 Å². The Morgan fingerprint density at radius 2 is 1.52 bits per heavy atom. The van der Waals surface area contributed by atoms with Gasteiger partial charge in [-0.25, -0.2) is 18.9 Å². The molecular formula is C33H26FN5O3. The van der Waals surface area contributed by atoms with E-state index < -0.39 is 11.8 Å². The molecule has 0 aliphatic rings. The summed E-state index contributed by atoms with van der Waals surface area (Å²) in [4.78, 5) is 25.9. The molecule has 0 saturated heterocycles. The van der Waals surface area contributed by atoms with Gasteiger partial charge in [0.15, 0.2) is 23.2 Å². The quantitative estimate of drug-likeness (QED) is 0.196. The van der Waals surface area contributed by atoms with Crippen LogP contribution in [0.3, 0.4) is 0 Å². The van der Waals surface area contributed by atoms with Crippen molar-refractivity contribution < 1.29 is 18.7 Å². The summed E-state index contributed by atoms with van der Waals surface area (Å²) in [6, 6.07) is 25.2. The lowest BCUT2D eigenvalue weighted by Crippen LogP contribution is -2.06. The standard InChI is InChI=1S/C33H26FN5O3/c1-20(2)42-30-14-12-23(18-27(30)34)21-7-9-22(10-8-21)31-37-32(24-11-13-28-29(19-24)36-16-15-35-28)39(38-31)26-6-4-5-25(17-26)33(40)41-3/h4-20H,1-3H3. The molecule has 6 aromatic rings. The smallest absolute Gasteiger partial charge is 0.337 e. The van der Waals surface area contributed by atoms with Gasteiger partial charge in [-0.15, -0.1) is 5.10 Å². The fourth-order valence-corrected chi connectivity index (χ4v) is 4.63. The van der Waals surface area contributed by atoms with Gasteiger partial charge in [-0.05, 0) is 73.5 Å². The van der Waals surface area contributed by atoms with E-state index in [1.807, 2.05) is 68.4 Å². The monoisotopic (exact) mass is 559 g/mol. The van der Waals surface area contributed by atoms with Crippen LogP contribution in [0, 0.1) is 5.82 Å². The normalized spacial score (nSPS) is 11.2. The van der Waals surface area contributed by atoms with Crippen LogP contribution in [0.1, 0.15) is 24.2 Å². The number of carbonyl (C=O) groups is 1. The predicted molar refractivity (Wildman–Crippen MR) is 158 cm³/mol. The average Bonchev–Trinajstić information content (AvgIpc) is 3.47. The van der Waals surface area contributed by atoms with Crippen LogP contribution in [0.4, 0.5) is 4.39 Å². The topological polar surface area (TPSA) is 92.0 Å². The Morgan fingerprint density at radius 3 is 2.26 bits per heavy atom. The van der Waals surface area contributed by atoms with Crippen LogP contribution in [0.15, 0.2) is 97.3 Å². The highest BCUT2D eigenvalue weighted by Gasteiger charge is 2.18. The largest absolute Gasteiger partial charge is 0.488 e. The number of aromatic nitrogens is 5. The fourth-order valence-electron chi connectivity index (χ4n) is 4.63. The van der Waals surface area contributed by atoms with E-state index in [0.717, 1.165) is 33.3 Å². The lowest BCUT2D eigenvalue weighted by Gasteiger charge is -2.11. The molecule has 0 unspecified atom stereocenters. The van der Waals surface area contributed by atoms with Crippen molar-refractivity contribution in [2.75, 3.05) is 7.11 Å². The Labute approximate surface area is 241 Å². The molecule has 6 rings (SSSR count). The van der Waals surface area contributed by atoms with Crippen LogP contribution < -0.4 is 4.74 Å². The second kappa shape index (κ2) is 11.2. The highest BCUT2D eigenvalue weighted by atomic mass is 19.1. The first-order valence-corrected chi connectivity index (χ1v) is 13.3. The summed E-state index contributed by atoms with van der Waals surface area (Å²) in [5, 5.41) is 4.83. The third-order valence-corrected chi connectivity index (χ3v) is 6.62. The molecule has 9 heteroatoms. The van der Waals surface area contributed by atoms with E-state index in [4.69, 9.17) is 19.6 Å². The number of methoxy groups -OCH3 is 1. The maximum Gasteiger partial charge on any atom is 0.337 e. The molecule has 42 heavy (non-hydrogen) atoms. The first-order valence-electron chi connectivity index (χ1n) is 13.3. The summed E-state index contributed by atoms with van der Waals surface area (Å²) < 4.78 is 26.7. The summed E-state index contributed by atoms with van der Waals surface area (Å²) in [5.74, 6) is 0.404. The molecule has 0 N–H and O–H groups in total. The number of ether oxygens (including phenoxy) is 2. The number of esters is 1. The van der Waals surface area contributed by atoms with Crippen molar-refractivity contribution in [3.8, 4) is 45.3 Å². The molecular weight excluding hydrogens is 533 g/mol. The highest BCUT2D eigenvalue weighted by Crippen LogP contribution is 2.30. The van der Waals surface area contributed by atoms with E-state index in [0.29, 0.717) is 22.9 Å². The van der Waals surface area contributed by atoms with Crippen LogP contribution in [0.2, 0.25) is 0 Å². The van der Waals surface area contributed by atoms with Gasteiger partial charge >= 0.3 is 5.97 Å². The Bertz CT molecular complexity index is 1920. The summed E-state index contributed by atoms with van der Waals surface area (Å²) in [6.45, 7) is 3.72. The van der Waals surface area contributed by atoms with E-state index >= 15 is 0 Å². The van der Waals surface area contributed by atoms with Crippen LogP contribution in [0.25, 0.3) is 50.6 Å². The molecule has 0 saturated carbocycles. The van der Waals surface area contributed by atoms with Crippen molar-refractivity contribution in [3.63, 3.8) is 0 Å². The van der Waals surface area contributed by atoms with Crippen molar-refractivity contribution in [1.29, 1.82) is 0 Å². The van der Waals surface area contributed by atoms with Crippen molar-refractivity contribution in [2.24, 2.45) is 0 Å². The fraction of sp³-hybridized carbons (Fsp3) is 0.121. The number of nitrogens with zero attached hydrogens (tertiary/aromatic N) is 5. The molecule has 0 atom stereocenters. The van der Waals surface area contributed by atoms with Gasteiger partial charge in [0.05, 0.1) is 35.5 Å². The lowest BCUT2D eigenvalue weighted by atomic mass is 10.0. The van der Waals surface area contributed by atoms with Gasteiger partial charge < -0.3 is 9.47 Å². The van der Waals surface area contributed by atoms with E-state index in [-0.39, 0.29) is 11.9 Å². The Balaban J connectivity index is 1.41. The first-order chi connectivity index (χ1) is 20.4. The minimum Gasteiger partial charge on any atom is -0.488 e. The number of carbonyl (C=O) groups excluding carboxylic acids is 1. The van der Waals surface area contributed by atoms with Crippen molar-refractivity contribution >= 4 is 17.0 Å². The molecule has 8 nitrogen and oxygen atoms in total. The molecule has 0 aliphatic carbocycles. The van der Waals surface area contributed by atoms with Crippen LogP contribution in [-0.4, -0.2) is 43.9 Å². The number of hydrogen-bond donors (Lipinski definition) is 0. The molecule has 2 aromatic heterocycles. The average molecular weight is 560 g/mol. The molecule has 4 aromatic carbocycles. The summed E-state index contributed by atoms with van der Waals surface area (Å²) in [5.41, 5.74) is 5.63. The Morgan fingerprint density at radius 1 is 0.810 bits per heavy atom. The van der Waals surface area contributed by atoms with Gasteiger partial charge in [-0.2, -0.15) is 0 Å². The minimum absolute atomic E-state index is 0.118. The molecule has 0 bridgehead atoms. The maximum absolute atomic E-state index is 14.6. The van der Waals surface area contributed by atoms with Crippen LogP contribution in [-0.2, 0) is 4.74 Å². The van der Waals surface area contributed by atoms with Gasteiger partial charge in [0.25, 0.3) is 0 Å². The van der Waals surface area contributed by atoms with Gasteiger partial charge in [0, 0.05) is 23.5 Å². The summed E-state index contributed by atoms with van der Waals surface area (Å²) >= 11 is 0. The minimum atomic E-state index is -0.449. The van der Waals surface area contributed by atoms with Gasteiger partial charge in [-0.3, -0.25) is 9.97 Å². The number of rotatable bonds is 7. The number of benzene rings is 4. The second-order valence-electron chi connectivity index (χ2n) is 9.86. The molecule has 0 amide bonds. The van der Waals surface area contributed by atoms with E-state index in [1.165, 1.54) is 13.2 Å². The number of fused-ring (bicyclic) bond motifs is 1. The lowest BCUT2D eigenvalue weighted by molar-refractivity contribution is 0.0600. The third kappa shape index (κ3) is 5.32. The zero-order valence-corrected chi connectivity index (χ0v) is 23.2. The molecule has 0 fully saturated rings. The van der Waals surface area contributed by atoms with Crippen LogP contribution in [0.5, 0.6) is 5.75 Å². The van der Waals surface area contributed by atoms with Gasteiger partial charge in [0.2, 0.25) is 0 Å². The molecule has 2 heterocycles. The predicted octanol–water partition coefficient (Wildman–Crippen LogP) is 6.92. The second-order valence-corrected chi connectivity index (χ2v) is 9.86. The maximum atomic E-state index is 14.6. The molecule has 0 spiro atoms. The van der Waals surface area contributed by atoms with E-state index in [9.17, 15) is 9.18 Å².